The fourth-order valence-electron chi connectivity index (χ4n) is 2.86. The van der Waals surface area contributed by atoms with Gasteiger partial charge in [-0.3, -0.25) is 9.59 Å². The molecule has 2 aromatic carbocycles. The van der Waals surface area contributed by atoms with Gasteiger partial charge in [0, 0.05) is 31.3 Å². The van der Waals surface area contributed by atoms with Gasteiger partial charge < -0.3 is 19.9 Å². The van der Waals surface area contributed by atoms with Gasteiger partial charge in [0.2, 0.25) is 11.8 Å². The molecule has 0 bridgehead atoms. The monoisotopic (exact) mass is 439 g/mol. The third kappa shape index (κ3) is 6.58. The van der Waals surface area contributed by atoms with Gasteiger partial charge in [0.05, 0.1) is 12.9 Å². The largest absolute Gasteiger partial charge is 0.497 e. The summed E-state index contributed by atoms with van der Waals surface area (Å²) in [6.07, 6.45) is 0.720. The Labute approximate surface area is 185 Å². The molecule has 3 rings (SSSR count). The Morgan fingerprint density at radius 1 is 1.03 bits per heavy atom. The van der Waals surface area contributed by atoms with E-state index in [0.717, 1.165) is 17.0 Å². The van der Waals surface area contributed by atoms with Gasteiger partial charge in [-0.05, 0) is 48.9 Å². The Balaban J connectivity index is 1.46. The smallest absolute Gasteiger partial charge is 0.234 e. The standard InChI is InChI=1S/C22H25N5O3S/c1-15-5-4-6-17(13-15)24-21(29)14-31-22-26-25-19(27(22)2)11-12-20(28)23-16-7-9-18(30-3)10-8-16/h4-10,13H,11-12,14H2,1-3H3,(H,23,28)(H,24,29). The van der Waals surface area contributed by atoms with E-state index in [4.69, 9.17) is 4.74 Å². The molecule has 0 aliphatic heterocycles. The summed E-state index contributed by atoms with van der Waals surface area (Å²) < 4.78 is 6.92. The number of anilines is 2. The minimum absolute atomic E-state index is 0.111. The first-order valence-corrected chi connectivity index (χ1v) is 10.7. The number of hydrogen-bond acceptors (Lipinski definition) is 6. The Morgan fingerprint density at radius 3 is 2.48 bits per heavy atom. The average Bonchev–Trinajstić information content (AvgIpc) is 3.11. The molecule has 2 N–H and O–H groups in total. The van der Waals surface area contributed by atoms with Crippen molar-refractivity contribution in [2.75, 3.05) is 23.5 Å². The van der Waals surface area contributed by atoms with Gasteiger partial charge in [0.25, 0.3) is 0 Å². The molecule has 2 amide bonds. The molecule has 0 spiro atoms. The summed E-state index contributed by atoms with van der Waals surface area (Å²) in [7, 11) is 3.43. The second-order valence-electron chi connectivity index (χ2n) is 6.94. The van der Waals surface area contributed by atoms with Gasteiger partial charge in [-0.15, -0.1) is 10.2 Å². The molecule has 0 radical (unpaired) electrons. The lowest BCUT2D eigenvalue weighted by Crippen LogP contribution is -2.15. The van der Waals surface area contributed by atoms with Crippen molar-refractivity contribution in [2.45, 2.75) is 24.9 Å². The molecule has 9 heteroatoms. The van der Waals surface area contributed by atoms with E-state index in [9.17, 15) is 9.59 Å². The third-order valence-electron chi connectivity index (χ3n) is 4.51. The zero-order valence-electron chi connectivity index (χ0n) is 17.7. The molecule has 8 nitrogen and oxygen atoms in total. The summed E-state index contributed by atoms with van der Waals surface area (Å²) in [5, 5.41) is 14.6. The van der Waals surface area contributed by atoms with Gasteiger partial charge in [-0.25, -0.2) is 0 Å². The average molecular weight is 440 g/mol. The van der Waals surface area contributed by atoms with Crippen molar-refractivity contribution in [1.82, 2.24) is 14.8 Å². The minimum Gasteiger partial charge on any atom is -0.497 e. The van der Waals surface area contributed by atoms with E-state index in [0.29, 0.717) is 23.1 Å². The zero-order chi connectivity index (χ0) is 22.2. The SMILES string of the molecule is COc1ccc(NC(=O)CCc2nnc(SCC(=O)Nc3cccc(C)c3)n2C)cc1. The van der Waals surface area contributed by atoms with Crippen molar-refractivity contribution in [2.24, 2.45) is 7.05 Å². The maximum atomic E-state index is 12.2. The quantitative estimate of drug-likeness (QED) is 0.496. The summed E-state index contributed by atoms with van der Waals surface area (Å²) >= 11 is 1.30. The highest BCUT2D eigenvalue weighted by Gasteiger charge is 2.13. The van der Waals surface area contributed by atoms with Crippen LogP contribution < -0.4 is 15.4 Å². The van der Waals surface area contributed by atoms with Crippen molar-refractivity contribution in [3.8, 4) is 5.75 Å². The summed E-state index contributed by atoms with van der Waals surface area (Å²) in [6.45, 7) is 1.97. The summed E-state index contributed by atoms with van der Waals surface area (Å²) in [5.74, 6) is 1.41. The lowest BCUT2D eigenvalue weighted by molar-refractivity contribution is -0.116. The van der Waals surface area contributed by atoms with Gasteiger partial charge in [0.1, 0.15) is 11.6 Å². The van der Waals surface area contributed by atoms with E-state index in [-0.39, 0.29) is 24.0 Å². The highest BCUT2D eigenvalue weighted by molar-refractivity contribution is 7.99. The Hall–Kier alpha value is -3.33. The van der Waals surface area contributed by atoms with Crippen molar-refractivity contribution in [3.63, 3.8) is 0 Å². The van der Waals surface area contributed by atoms with Crippen LogP contribution in [0.15, 0.2) is 53.7 Å². The molecule has 162 valence electrons. The zero-order valence-corrected chi connectivity index (χ0v) is 18.5. The summed E-state index contributed by atoms with van der Waals surface area (Å²) in [4.78, 5) is 24.4. The number of carbonyl (C=O) groups excluding carboxylic acids is 2. The molecule has 0 atom stereocenters. The van der Waals surface area contributed by atoms with E-state index in [1.54, 1.807) is 31.4 Å². The highest BCUT2D eigenvalue weighted by atomic mass is 32.2. The van der Waals surface area contributed by atoms with Gasteiger partial charge in [-0.2, -0.15) is 0 Å². The lowest BCUT2D eigenvalue weighted by Gasteiger charge is -2.07. The van der Waals surface area contributed by atoms with Crippen LogP contribution in [-0.2, 0) is 23.1 Å². The molecule has 0 saturated heterocycles. The second-order valence-corrected chi connectivity index (χ2v) is 7.88. The van der Waals surface area contributed by atoms with Crippen LogP contribution in [0.25, 0.3) is 0 Å². The number of nitrogens with zero attached hydrogens (tertiary/aromatic N) is 3. The Morgan fingerprint density at radius 2 is 1.77 bits per heavy atom. The molecular formula is C22H25N5O3S. The molecule has 0 unspecified atom stereocenters. The summed E-state index contributed by atoms with van der Waals surface area (Å²) in [6, 6.07) is 14.8. The predicted molar refractivity (Wildman–Crippen MR) is 121 cm³/mol. The number of amides is 2. The highest BCUT2D eigenvalue weighted by Crippen LogP contribution is 2.18. The number of carbonyl (C=O) groups is 2. The van der Waals surface area contributed by atoms with Crippen molar-refractivity contribution < 1.29 is 14.3 Å². The molecule has 1 aromatic heterocycles. The number of thioether (sulfide) groups is 1. The molecule has 1 heterocycles. The second kappa shape index (κ2) is 10.6. The maximum absolute atomic E-state index is 12.2. The Kier molecular flexibility index (Phi) is 7.66. The van der Waals surface area contributed by atoms with E-state index < -0.39 is 0 Å². The molecular weight excluding hydrogens is 414 g/mol. The topological polar surface area (TPSA) is 98.1 Å². The van der Waals surface area contributed by atoms with Crippen LogP contribution >= 0.6 is 11.8 Å². The first kappa shape index (κ1) is 22.4. The number of benzene rings is 2. The minimum atomic E-state index is -0.112. The molecule has 31 heavy (non-hydrogen) atoms. The van der Waals surface area contributed by atoms with E-state index in [1.807, 2.05) is 42.8 Å². The van der Waals surface area contributed by atoms with Crippen LogP contribution in [0, 0.1) is 6.92 Å². The van der Waals surface area contributed by atoms with Crippen molar-refractivity contribution in [3.05, 3.63) is 59.9 Å². The molecule has 3 aromatic rings. The van der Waals surface area contributed by atoms with E-state index in [2.05, 4.69) is 20.8 Å². The van der Waals surface area contributed by atoms with Crippen LogP contribution in [0.1, 0.15) is 17.8 Å². The number of nitrogens with one attached hydrogen (secondary N) is 2. The molecule has 0 aliphatic rings. The van der Waals surface area contributed by atoms with Crippen molar-refractivity contribution in [1.29, 1.82) is 0 Å². The van der Waals surface area contributed by atoms with Gasteiger partial charge in [0.15, 0.2) is 5.16 Å². The van der Waals surface area contributed by atoms with Crippen LogP contribution in [-0.4, -0.2) is 39.4 Å². The number of ether oxygens (including phenoxy) is 1. The van der Waals surface area contributed by atoms with Crippen LogP contribution in [0.4, 0.5) is 11.4 Å². The first-order chi connectivity index (χ1) is 14.9. The predicted octanol–water partition coefficient (Wildman–Crippen LogP) is 3.43. The number of hydrogen-bond donors (Lipinski definition) is 2. The normalized spacial score (nSPS) is 10.5. The number of aryl methyl sites for hydroxylation is 2. The number of rotatable bonds is 9. The summed E-state index contributed by atoms with van der Waals surface area (Å²) in [5.41, 5.74) is 2.56. The van der Waals surface area contributed by atoms with Crippen LogP contribution in [0.5, 0.6) is 5.75 Å². The molecule has 0 aliphatic carbocycles. The van der Waals surface area contributed by atoms with Gasteiger partial charge in [-0.1, -0.05) is 23.9 Å². The molecule has 0 saturated carbocycles. The fourth-order valence-corrected chi connectivity index (χ4v) is 3.59. The number of aromatic nitrogens is 3. The fraction of sp³-hybridized carbons (Fsp3) is 0.273. The third-order valence-corrected chi connectivity index (χ3v) is 5.53. The van der Waals surface area contributed by atoms with Crippen LogP contribution in [0.2, 0.25) is 0 Å². The van der Waals surface area contributed by atoms with Crippen molar-refractivity contribution >= 4 is 35.0 Å². The van der Waals surface area contributed by atoms with E-state index in [1.165, 1.54) is 11.8 Å². The van der Waals surface area contributed by atoms with Gasteiger partial charge >= 0.3 is 0 Å². The Bertz CT molecular complexity index is 1050. The van der Waals surface area contributed by atoms with E-state index >= 15 is 0 Å². The molecule has 0 fully saturated rings. The maximum Gasteiger partial charge on any atom is 0.234 e. The lowest BCUT2D eigenvalue weighted by atomic mass is 10.2. The van der Waals surface area contributed by atoms with Crippen LogP contribution in [0.3, 0.4) is 0 Å². The number of methoxy groups -OCH3 is 1. The first-order valence-electron chi connectivity index (χ1n) is 9.76.